The Morgan fingerprint density at radius 3 is 1.70 bits per heavy atom. The third-order valence-corrected chi connectivity index (χ3v) is 23.2. The van der Waals surface area contributed by atoms with Crippen LogP contribution in [0.5, 0.6) is 0 Å². The molecule has 87 heavy (non-hydrogen) atoms. The minimum atomic E-state index is -1.97. The summed E-state index contributed by atoms with van der Waals surface area (Å²) in [7, 11) is 0. The fraction of sp³-hybridized carbons (Fsp3) is 0.932. The van der Waals surface area contributed by atoms with Gasteiger partial charge in [0.05, 0.1) is 49.0 Å². The molecular weight excluding hydrogens is 1160 g/mol. The average Bonchev–Trinajstić information content (AvgIpc) is 0.687. The van der Waals surface area contributed by atoms with Crippen LogP contribution >= 0.6 is 0 Å². The van der Waals surface area contributed by atoms with Crippen LogP contribution in [-0.2, 0) is 57.0 Å². The van der Waals surface area contributed by atoms with Crippen molar-refractivity contribution in [3.63, 3.8) is 0 Å². The highest BCUT2D eigenvalue weighted by atomic mass is 16.8. The van der Waals surface area contributed by atoms with Gasteiger partial charge in [0.25, 0.3) is 0 Å². The molecule has 0 amide bonds. The molecule has 5 aliphatic heterocycles. The number of carboxylic acids is 1. The zero-order chi connectivity index (χ0) is 63.7. The zero-order valence-electron chi connectivity index (χ0n) is 50.4. The molecule has 28 nitrogen and oxygen atoms in total. The molecule has 498 valence electrons. The van der Waals surface area contributed by atoms with E-state index < -0.39 is 224 Å². The average molecular weight is 1250 g/mol. The fourth-order valence-electron chi connectivity index (χ4n) is 17.7. The van der Waals surface area contributed by atoms with E-state index in [9.17, 15) is 86.5 Å². The number of hydrogen-bond donors (Lipinski definition) is 16. The first kappa shape index (κ1) is 67.6. The van der Waals surface area contributed by atoms with Crippen LogP contribution in [0.3, 0.4) is 0 Å². The second-order valence-electron chi connectivity index (χ2n) is 28.5. The number of fused-ring (bicyclic) bond motifs is 7. The third-order valence-electron chi connectivity index (χ3n) is 23.2. The number of allylic oxidation sites excluding steroid dienone is 2. The van der Waals surface area contributed by atoms with E-state index in [-0.39, 0.29) is 23.7 Å². The summed E-state index contributed by atoms with van der Waals surface area (Å²) in [5, 5.41) is 174. The summed E-state index contributed by atoms with van der Waals surface area (Å²) < 4.78 is 59.0. The van der Waals surface area contributed by atoms with Gasteiger partial charge in [-0.25, -0.2) is 0 Å². The molecule has 34 atom stereocenters. The normalized spacial score (nSPS) is 55.1. The van der Waals surface area contributed by atoms with Gasteiger partial charge < -0.3 is 129 Å². The number of aliphatic hydroxyl groups excluding tert-OH is 15. The molecule has 10 aliphatic rings. The maximum atomic E-state index is 15.5. The lowest BCUT2D eigenvalue weighted by atomic mass is 9.33. The van der Waals surface area contributed by atoms with Gasteiger partial charge >= 0.3 is 11.9 Å². The summed E-state index contributed by atoms with van der Waals surface area (Å²) >= 11 is 0. The summed E-state index contributed by atoms with van der Waals surface area (Å²) in [5.74, 6) is -3.03. The molecule has 9 fully saturated rings. The van der Waals surface area contributed by atoms with Gasteiger partial charge in [0.2, 0.25) is 6.29 Å². The number of ether oxygens (including phenoxy) is 10. The number of rotatable bonds is 13. The van der Waals surface area contributed by atoms with Gasteiger partial charge in [-0.15, -0.1) is 0 Å². The van der Waals surface area contributed by atoms with Crippen LogP contribution in [0.15, 0.2) is 11.6 Å². The van der Waals surface area contributed by atoms with Gasteiger partial charge in [0.1, 0.15) is 104 Å². The van der Waals surface area contributed by atoms with Gasteiger partial charge in [0.15, 0.2) is 31.3 Å². The topological polar surface area (TPSA) is 450 Å². The lowest BCUT2D eigenvalue weighted by Crippen LogP contribution is -2.70. The van der Waals surface area contributed by atoms with E-state index in [0.29, 0.717) is 51.4 Å². The molecular formula is C59H94O28. The van der Waals surface area contributed by atoms with Crippen molar-refractivity contribution in [3.05, 3.63) is 11.6 Å². The van der Waals surface area contributed by atoms with Crippen molar-refractivity contribution >= 4 is 11.9 Å². The van der Waals surface area contributed by atoms with E-state index in [1.165, 1.54) is 20.8 Å². The van der Waals surface area contributed by atoms with Crippen molar-refractivity contribution in [2.24, 2.45) is 50.2 Å². The SMILES string of the molecule is C[C@@H]1O[C@H](OC(=O)[C@]23CCC(C)(C)C[C@H]2C2=CC[C@@H]4[C@@]5(C)C[C@H](O)[C@H](O[C@@H]6O[C@H](CO)[C@@H](O)[C@H](O)[C@H]6O)[C@@](C)(C(=O)O)[C@@H]5CC[C@@]4(C)[C@]2(C)CC3)[C@@H](O[C@@H]2O[C@@H](C)[C@H](O[C@@H]3OC[C@@H](O[C@@H]4O[C@H](CO)[C@H](O)[C@H](O)[C@H]4O)[C@H](O)[C@H]3O)[C@@H](O)[C@H]2O)[C@H](O)[C@@H]1O. The molecule has 0 bridgehead atoms. The zero-order valence-corrected chi connectivity index (χ0v) is 50.4. The quantitative estimate of drug-likeness (QED) is 0.0484. The number of carbonyl (C=O) groups excluding carboxylic acids is 1. The van der Waals surface area contributed by atoms with E-state index in [0.717, 1.165) is 5.57 Å². The van der Waals surface area contributed by atoms with Crippen molar-refractivity contribution in [2.45, 2.75) is 273 Å². The minimum absolute atomic E-state index is 0.107. The molecule has 5 heterocycles. The lowest BCUT2D eigenvalue weighted by molar-refractivity contribution is -0.378. The minimum Gasteiger partial charge on any atom is -0.481 e. The predicted molar refractivity (Wildman–Crippen MR) is 290 cm³/mol. The largest absolute Gasteiger partial charge is 0.481 e. The molecule has 10 rings (SSSR count). The highest BCUT2D eigenvalue weighted by Gasteiger charge is 2.73. The van der Waals surface area contributed by atoms with E-state index >= 15 is 4.79 Å². The Hall–Kier alpha value is -2.28. The molecule has 0 spiro atoms. The Kier molecular flexibility index (Phi) is 19.1. The Morgan fingerprint density at radius 1 is 0.552 bits per heavy atom. The van der Waals surface area contributed by atoms with E-state index in [2.05, 4.69) is 33.8 Å². The summed E-state index contributed by atoms with van der Waals surface area (Å²) in [4.78, 5) is 29.3. The first-order chi connectivity index (χ1) is 40.7. The Labute approximate surface area is 503 Å². The monoisotopic (exact) mass is 1250 g/mol. The molecule has 0 unspecified atom stereocenters. The maximum absolute atomic E-state index is 15.5. The maximum Gasteiger partial charge on any atom is 0.315 e. The van der Waals surface area contributed by atoms with Crippen LogP contribution in [0.1, 0.15) is 113 Å². The Morgan fingerprint density at radius 2 is 1.09 bits per heavy atom. The van der Waals surface area contributed by atoms with Crippen LogP contribution in [0, 0.1) is 50.2 Å². The molecule has 0 aromatic carbocycles. The third kappa shape index (κ3) is 11.1. The van der Waals surface area contributed by atoms with E-state index in [1.54, 1.807) is 0 Å². The molecule has 4 saturated carbocycles. The number of aliphatic hydroxyl groups is 15. The van der Waals surface area contributed by atoms with Gasteiger partial charge in [-0.3, -0.25) is 9.59 Å². The fourth-order valence-corrected chi connectivity index (χ4v) is 17.7. The standard InChI is InChI=1S/C59H94O28/c1-22-32(63)38(69)45(85-48-43(74)39(70)44(23(2)80-48)84-47-40(71)35(66)29(21-78-47)83-49-41(72)36(67)33(64)27(19-60)81-49)51(79-22)87-53(77)59-15-13-54(3,4)17-25(59)24-9-10-30-55(5)18-26(62)46(86-50-42(73)37(68)34(65)28(20-61)82-50)58(8,52(75)76)31(55)11-12-57(30,7)56(24,6)14-16-59/h9,22-23,25-51,60-74H,10-21H2,1-8H3,(H,75,76)/t22-,23-,25-,26-,27+,28+,29+,30+,31+,32+,33-,34+,35-,36-,37-,38+,39-,40+,41+,42+,43+,44-,45-,46-,47-,48-,49-,50-,51+,55+,56+,57+,58-,59-/m0/s1. The van der Waals surface area contributed by atoms with Gasteiger partial charge in [-0.2, -0.15) is 0 Å². The number of carboxylic acid groups (broad SMARTS) is 1. The number of esters is 1. The van der Waals surface area contributed by atoms with Crippen molar-refractivity contribution in [3.8, 4) is 0 Å². The summed E-state index contributed by atoms with van der Waals surface area (Å²) in [6.45, 7) is 13.2. The molecule has 5 aliphatic carbocycles. The second kappa shape index (κ2) is 24.6. The summed E-state index contributed by atoms with van der Waals surface area (Å²) in [6, 6.07) is 0. The van der Waals surface area contributed by atoms with Crippen molar-refractivity contribution in [2.75, 3.05) is 19.8 Å². The summed E-state index contributed by atoms with van der Waals surface area (Å²) in [5.41, 5.74) is -3.96. The second-order valence-corrected chi connectivity index (χ2v) is 28.5. The van der Waals surface area contributed by atoms with Crippen molar-refractivity contribution in [1.82, 2.24) is 0 Å². The van der Waals surface area contributed by atoms with Crippen LogP contribution < -0.4 is 0 Å². The lowest BCUT2D eigenvalue weighted by Gasteiger charge is -2.71. The first-order valence-corrected chi connectivity index (χ1v) is 30.7. The molecule has 28 heteroatoms. The molecule has 0 aromatic heterocycles. The van der Waals surface area contributed by atoms with Crippen molar-refractivity contribution in [1.29, 1.82) is 0 Å². The first-order valence-electron chi connectivity index (χ1n) is 30.7. The highest BCUT2D eigenvalue weighted by Crippen LogP contribution is 2.76. The predicted octanol–water partition coefficient (Wildman–Crippen LogP) is -3.48. The molecule has 0 radical (unpaired) electrons. The molecule has 16 N–H and O–H groups in total. The van der Waals surface area contributed by atoms with Gasteiger partial charge in [-0.05, 0) is 118 Å². The Balaban J connectivity index is 0.845. The van der Waals surface area contributed by atoms with Crippen LogP contribution in [0.2, 0.25) is 0 Å². The van der Waals surface area contributed by atoms with Crippen LogP contribution in [0.4, 0.5) is 0 Å². The number of aliphatic carboxylic acids is 1. The molecule has 5 saturated heterocycles. The van der Waals surface area contributed by atoms with Crippen molar-refractivity contribution < 1.29 is 139 Å². The van der Waals surface area contributed by atoms with Gasteiger partial charge in [-0.1, -0.05) is 46.3 Å². The van der Waals surface area contributed by atoms with Crippen LogP contribution in [0.25, 0.3) is 0 Å². The van der Waals surface area contributed by atoms with Crippen LogP contribution in [-0.4, -0.2) is 273 Å². The van der Waals surface area contributed by atoms with Gasteiger partial charge in [0, 0.05) is 0 Å². The number of carbonyl (C=O) groups is 2. The molecule has 0 aromatic rings. The number of hydrogen-bond acceptors (Lipinski definition) is 27. The van der Waals surface area contributed by atoms with E-state index in [4.69, 9.17) is 47.4 Å². The van der Waals surface area contributed by atoms with E-state index in [1.807, 2.05) is 6.92 Å². The summed E-state index contributed by atoms with van der Waals surface area (Å²) in [6.07, 6.45) is -36.2. The Bertz CT molecular complexity index is 2490. The smallest absolute Gasteiger partial charge is 0.315 e. The highest BCUT2D eigenvalue weighted by molar-refractivity contribution is 5.79.